The summed E-state index contributed by atoms with van der Waals surface area (Å²) in [5.74, 6) is -0.800. The number of hydrogen-bond donors (Lipinski definition) is 1. The molecule has 0 heterocycles. The number of allylic oxidation sites excluding steroid dienone is 3. The van der Waals surface area contributed by atoms with Crippen LogP contribution in [0.4, 0.5) is 0 Å². The Balaban J connectivity index is 0. The Bertz CT molecular complexity index is 267. The van der Waals surface area contributed by atoms with Crippen molar-refractivity contribution in [1.29, 1.82) is 0 Å². The molecule has 0 saturated heterocycles. The highest BCUT2D eigenvalue weighted by molar-refractivity contribution is 6.31. The number of ether oxygens (including phenoxy) is 1. The van der Waals surface area contributed by atoms with Gasteiger partial charge in [0.2, 0.25) is 0 Å². The monoisotopic (exact) mass is 232 g/mol. The first-order valence-corrected chi connectivity index (χ1v) is 4.89. The molecule has 0 spiro atoms. The van der Waals surface area contributed by atoms with Gasteiger partial charge in [0.1, 0.15) is 5.76 Å². The minimum Gasteiger partial charge on any atom is -0.480 e. The van der Waals surface area contributed by atoms with E-state index in [1.54, 1.807) is 6.92 Å². The average molecular weight is 233 g/mol. The van der Waals surface area contributed by atoms with Gasteiger partial charge in [0.15, 0.2) is 6.61 Å². The van der Waals surface area contributed by atoms with Crippen LogP contribution in [0.2, 0.25) is 0 Å². The zero-order valence-electron chi connectivity index (χ0n) is 9.34. The Morgan fingerprint density at radius 1 is 1.53 bits per heavy atom. The van der Waals surface area contributed by atoms with Crippen LogP contribution in [0.25, 0.3) is 0 Å². The van der Waals surface area contributed by atoms with E-state index in [0.717, 1.165) is 0 Å². The van der Waals surface area contributed by atoms with Gasteiger partial charge in [-0.25, -0.2) is 4.79 Å². The third kappa shape index (κ3) is 7.82. The summed E-state index contributed by atoms with van der Waals surface area (Å²) in [6.45, 7) is 12.2. The predicted octanol–water partition coefficient (Wildman–Crippen LogP) is 3.33. The molecule has 0 aliphatic heterocycles. The topological polar surface area (TPSA) is 46.5 Å². The van der Waals surface area contributed by atoms with E-state index in [9.17, 15) is 4.79 Å². The van der Waals surface area contributed by atoms with E-state index in [0.29, 0.717) is 5.57 Å². The molecule has 0 aliphatic rings. The second-order valence-corrected chi connectivity index (χ2v) is 2.76. The summed E-state index contributed by atoms with van der Waals surface area (Å²) in [4.78, 5) is 10.2. The van der Waals surface area contributed by atoms with Crippen LogP contribution in [-0.2, 0) is 9.53 Å². The lowest BCUT2D eigenvalue weighted by Crippen LogP contribution is -2.07. The Morgan fingerprint density at radius 2 is 2.00 bits per heavy atom. The molecule has 1 N–H and O–H groups in total. The first-order valence-electron chi connectivity index (χ1n) is 4.51. The van der Waals surface area contributed by atoms with Crippen molar-refractivity contribution in [3.05, 3.63) is 35.6 Å². The highest BCUT2D eigenvalue weighted by atomic mass is 35.5. The standard InChI is InChI=1S/C9H11ClO3.C2H6/c1-4-6(2)9(7(3)10)13-5-8(11)12;1-2/h4H,1,3,5H2,2H3,(H,11,12);1-2H3/b9-6+;. The summed E-state index contributed by atoms with van der Waals surface area (Å²) in [5.41, 5.74) is 0.654. The Kier molecular flexibility index (Phi) is 10.1. The number of halogens is 1. The number of hydrogen-bond acceptors (Lipinski definition) is 2. The fourth-order valence-corrected chi connectivity index (χ4v) is 0.836. The van der Waals surface area contributed by atoms with Gasteiger partial charge in [-0.05, 0) is 12.5 Å². The number of carboxylic acid groups (broad SMARTS) is 1. The van der Waals surface area contributed by atoms with Gasteiger partial charge in [-0.2, -0.15) is 0 Å². The molecule has 86 valence electrons. The van der Waals surface area contributed by atoms with E-state index >= 15 is 0 Å². The maximum Gasteiger partial charge on any atom is 0.341 e. The maximum absolute atomic E-state index is 10.2. The largest absolute Gasteiger partial charge is 0.480 e. The molecule has 3 nitrogen and oxygen atoms in total. The molecule has 0 amide bonds. The Labute approximate surface area is 95.7 Å². The molecule has 0 aromatic heterocycles. The van der Waals surface area contributed by atoms with Crippen LogP contribution in [0.15, 0.2) is 35.6 Å². The maximum atomic E-state index is 10.2. The van der Waals surface area contributed by atoms with E-state index in [4.69, 9.17) is 21.4 Å². The molecule has 0 unspecified atom stereocenters. The molecular weight excluding hydrogens is 216 g/mol. The van der Waals surface area contributed by atoms with E-state index in [1.807, 2.05) is 13.8 Å². The fourth-order valence-electron chi connectivity index (χ4n) is 0.633. The van der Waals surface area contributed by atoms with Crippen molar-refractivity contribution in [2.24, 2.45) is 0 Å². The summed E-state index contributed by atoms with van der Waals surface area (Å²) in [7, 11) is 0. The number of aliphatic carboxylic acids is 1. The average Bonchev–Trinajstić information content (AvgIpc) is 2.19. The number of carboxylic acids is 1. The smallest absolute Gasteiger partial charge is 0.341 e. The Hall–Kier alpha value is -1.22. The summed E-state index contributed by atoms with van der Waals surface area (Å²) in [6.07, 6.45) is 1.52. The molecule has 0 aliphatic carbocycles. The second kappa shape index (κ2) is 9.34. The van der Waals surface area contributed by atoms with E-state index in [1.165, 1.54) is 6.08 Å². The first kappa shape index (κ1) is 16.2. The number of rotatable bonds is 5. The molecule has 0 saturated carbocycles. The van der Waals surface area contributed by atoms with E-state index < -0.39 is 12.6 Å². The number of carbonyl (C=O) groups is 1. The van der Waals surface area contributed by atoms with Gasteiger partial charge < -0.3 is 9.84 Å². The highest BCUT2D eigenvalue weighted by Gasteiger charge is 2.06. The third-order valence-corrected chi connectivity index (χ3v) is 1.42. The summed E-state index contributed by atoms with van der Waals surface area (Å²) in [6, 6.07) is 0. The fraction of sp³-hybridized carbons (Fsp3) is 0.364. The molecule has 0 rings (SSSR count). The summed E-state index contributed by atoms with van der Waals surface area (Å²) in [5, 5.41) is 8.52. The predicted molar refractivity (Wildman–Crippen MR) is 62.8 cm³/mol. The van der Waals surface area contributed by atoms with Crippen molar-refractivity contribution in [2.75, 3.05) is 6.61 Å². The molecule has 0 bridgehead atoms. The Morgan fingerprint density at radius 3 is 2.27 bits per heavy atom. The van der Waals surface area contributed by atoms with Gasteiger partial charge in [-0.1, -0.05) is 44.7 Å². The summed E-state index contributed by atoms with van der Waals surface area (Å²) >= 11 is 5.58. The van der Waals surface area contributed by atoms with Gasteiger partial charge >= 0.3 is 5.97 Å². The van der Waals surface area contributed by atoms with Crippen LogP contribution in [0.5, 0.6) is 0 Å². The van der Waals surface area contributed by atoms with Crippen LogP contribution < -0.4 is 0 Å². The highest BCUT2D eigenvalue weighted by Crippen LogP contribution is 2.18. The van der Waals surface area contributed by atoms with Crippen molar-refractivity contribution in [2.45, 2.75) is 20.8 Å². The molecule has 0 aromatic rings. The zero-order valence-corrected chi connectivity index (χ0v) is 10.1. The second-order valence-electron chi connectivity index (χ2n) is 2.30. The molecule has 4 heteroatoms. The molecule has 0 atom stereocenters. The van der Waals surface area contributed by atoms with Gasteiger partial charge in [-0.15, -0.1) is 0 Å². The van der Waals surface area contributed by atoms with Crippen LogP contribution in [0, 0.1) is 0 Å². The quantitative estimate of drug-likeness (QED) is 0.584. The van der Waals surface area contributed by atoms with Gasteiger partial charge in [0, 0.05) is 0 Å². The molecular formula is C11H17ClO3. The minimum atomic E-state index is -1.06. The lowest BCUT2D eigenvalue weighted by atomic mass is 10.2. The van der Waals surface area contributed by atoms with E-state index in [-0.39, 0.29) is 10.8 Å². The van der Waals surface area contributed by atoms with Crippen molar-refractivity contribution >= 4 is 17.6 Å². The normalized spacial score (nSPS) is 10.4. The van der Waals surface area contributed by atoms with Crippen LogP contribution in [-0.4, -0.2) is 17.7 Å². The van der Waals surface area contributed by atoms with Crippen molar-refractivity contribution in [3.63, 3.8) is 0 Å². The molecule has 0 aromatic carbocycles. The zero-order chi connectivity index (χ0) is 12.4. The van der Waals surface area contributed by atoms with Crippen LogP contribution in [0.1, 0.15) is 20.8 Å². The molecule has 0 radical (unpaired) electrons. The van der Waals surface area contributed by atoms with E-state index in [2.05, 4.69) is 13.2 Å². The summed E-state index contributed by atoms with van der Waals surface area (Å²) < 4.78 is 4.89. The van der Waals surface area contributed by atoms with Gasteiger partial charge in [0.05, 0.1) is 5.03 Å². The van der Waals surface area contributed by atoms with Crippen molar-refractivity contribution in [1.82, 2.24) is 0 Å². The van der Waals surface area contributed by atoms with Gasteiger partial charge in [0.25, 0.3) is 0 Å². The van der Waals surface area contributed by atoms with Gasteiger partial charge in [-0.3, -0.25) is 0 Å². The third-order valence-electron chi connectivity index (χ3n) is 1.25. The minimum absolute atomic E-state index is 0.165. The SMILES string of the molecule is C=C/C(C)=C(/OCC(=O)O)C(=C)Cl.CC. The van der Waals surface area contributed by atoms with Crippen LogP contribution >= 0.6 is 11.6 Å². The molecule has 0 fully saturated rings. The van der Waals surface area contributed by atoms with Crippen molar-refractivity contribution < 1.29 is 14.6 Å². The van der Waals surface area contributed by atoms with Crippen LogP contribution in [0.3, 0.4) is 0 Å². The molecule has 15 heavy (non-hydrogen) atoms. The lowest BCUT2D eigenvalue weighted by Gasteiger charge is -2.08. The first-order chi connectivity index (χ1) is 6.99. The van der Waals surface area contributed by atoms with Crippen molar-refractivity contribution in [3.8, 4) is 0 Å². The lowest BCUT2D eigenvalue weighted by molar-refractivity contribution is -0.140.